The monoisotopic (exact) mass is 537 g/mol. The Kier molecular flexibility index (Phi) is 7.40. The Morgan fingerprint density at radius 1 is 1.22 bits per heavy atom. The number of nitrogens with zero attached hydrogens (tertiary/aromatic N) is 4. The lowest BCUT2D eigenvalue weighted by Crippen LogP contribution is -2.41. The number of aliphatic imine (C=N–C) groups is 1. The Morgan fingerprint density at radius 3 is 2.70 bits per heavy atom. The van der Waals surface area contributed by atoms with Crippen molar-refractivity contribution in [3.63, 3.8) is 0 Å². The maximum atomic E-state index is 12.7. The molecule has 0 unspecified atom stereocenters. The molecule has 0 radical (unpaired) electrons. The summed E-state index contributed by atoms with van der Waals surface area (Å²) in [6.45, 7) is 4.52. The van der Waals surface area contributed by atoms with Crippen molar-refractivity contribution in [3.8, 4) is 5.75 Å². The molecule has 3 aliphatic heterocycles. The molecular weight excluding hydrogens is 514 g/mol. The number of halogens is 1. The first-order chi connectivity index (χ1) is 17.9. The molecule has 0 aromatic heterocycles. The number of hydrogen-bond donors (Lipinski definition) is 1. The standard InChI is InChI=1S/C26H24ClN5O4S/c1-16-2-4-17(5-3-16)15-36-21-7-6-18(13-20(21)27)12-19-24(28)32-26(29-25(19)34)37-22(30-32)14-23(33)31-8-10-35-11-9-31/h2-7,12-13,28H,8-11,14-15H2,1H3. The molecule has 2 aromatic rings. The molecule has 0 bridgehead atoms. The highest BCUT2D eigenvalue weighted by Crippen LogP contribution is 2.31. The summed E-state index contributed by atoms with van der Waals surface area (Å²) >= 11 is 7.56. The van der Waals surface area contributed by atoms with Gasteiger partial charge in [0.25, 0.3) is 5.91 Å². The number of fused-ring (bicyclic) bond motifs is 1. The first kappa shape index (κ1) is 25.2. The summed E-state index contributed by atoms with van der Waals surface area (Å²) in [5.41, 5.74) is 2.91. The van der Waals surface area contributed by atoms with Crippen molar-refractivity contribution in [2.45, 2.75) is 20.0 Å². The number of hydrazone groups is 1. The molecule has 0 aliphatic carbocycles. The summed E-state index contributed by atoms with van der Waals surface area (Å²) in [6.07, 6.45) is 1.64. The Balaban J connectivity index is 1.27. The molecule has 5 rings (SSSR count). The highest BCUT2D eigenvalue weighted by molar-refractivity contribution is 8.27. The summed E-state index contributed by atoms with van der Waals surface area (Å²) in [7, 11) is 0. The summed E-state index contributed by atoms with van der Waals surface area (Å²) in [5.74, 6) is -0.199. The smallest absolute Gasteiger partial charge is 0.283 e. The van der Waals surface area contributed by atoms with E-state index in [9.17, 15) is 9.59 Å². The van der Waals surface area contributed by atoms with Crippen LogP contribution in [0.2, 0.25) is 5.02 Å². The van der Waals surface area contributed by atoms with Gasteiger partial charge in [-0.15, -0.1) is 0 Å². The van der Waals surface area contributed by atoms with Crippen LogP contribution in [-0.2, 0) is 20.9 Å². The number of hydrogen-bond acceptors (Lipinski definition) is 7. The first-order valence-electron chi connectivity index (χ1n) is 11.7. The van der Waals surface area contributed by atoms with Crippen LogP contribution in [0.5, 0.6) is 5.75 Å². The molecule has 0 atom stereocenters. The van der Waals surface area contributed by atoms with Crippen molar-refractivity contribution in [1.29, 1.82) is 5.41 Å². The molecule has 37 heavy (non-hydrogen) atoms. The van der Waals surface area contributed by atoms with Crippen LogP contribution in [0.4, 0.5) is 0 Å². The lowest BCUT2D eigenvalue weighted by Gasteiger charge is -2.26. The third-order valence-corrected chi connectivity index (χ3v) is 7.15. The van der Waals surface area contributed by atoms with E-state index in [2.05, 4.69) is 10.1 Å². The van der Waals surface area contributed by atoms with Crippen LogP contribution in [0.15, 0.2) is 58.1 Å². The second-order valence-corrected chi connectivity index (χ2v) is 10.1. The SMILES string of the molecule is Cc1ccc(COc2ccc(C=C3C(=N)N4N=C(CC(=O)N5CCOCC5)SC4=NC3=O)cc2Cl)cc1. The molecule has 2 amide bonds. The zero-order valence-electron chi connectivity index (χ0n) is 20.1. The fraction of sp³-hybridized carbons (Fsp3) is 0.269. The van der Waals surface area contributed by atoms with Crippen LogP contribution in [0.1, 0.15) is 23.1 Å². The fourth-order valence-corrected chi connectivity index (χ4v) is 5.01. The molecule has 190 valence electrons. The second-order valence-electron chi connectivity index (χ2n) is 8.65. The van der Waals surface area contributed by atoms with E-state index in [1.165, 1.54) is 10.6 Å². The quantitative estimate of drug-likeness (QED) is 0.556. The van der Waals surface area contributed by atoms with Crippen LogP contribution in [-0.4, -0.2) is 64.1 Å². The first-order valence-corrected chi connectivity index (χ1v) is 12.9. The number of rotatable bonds is 6. The van der Waals surface area contributed by atoms with Crippen molar-refractivity contribution < 1.29 is 19.1 Å². The van der Waals surface area contributed by atoms with E-state index in [1.54, 1.807) is 29.2 Å². The average Bonchev–Trinajstić information content (AvgIpc) is 3.29. The third-order valence-electron chi connectivity index (χ3n) is 5.94. The minimum atomic E-state index is -0.546. The normalized spacial score (nSPS) is 18.6. The number of ether oxygens (including phenoxy) is 2. The lowest BCUT2D eigenvalue weighted by atomic mass is 10.1. The predicted molar refractivity (Wildman–Crippen MR) is 144 cm³/mol. The predicted octanol–water partition coefficient (Wildman–Crippen LogP) is 4.10. The zero-order chi connectivity index (χ0) is 25.9. The van der Waals surface area contributed by atoms with Gasteiger partial charge in [0.2, 0.25) is 11.1 Å². The lowest BCUT2D eigenvalue weighted by molar-refractivity contribution is -0.133. The average molecular weight is 538 g/mol. The molecule has 1 N–H and O–H groups in total. The van der Waals surface area contributed by atoms with Gasteiger partial charge in [0.15, 0.2) is 5.84 Å². The van der Waals surface area contributed by atoms with Crippen molar-refractivity contribution >= 4 is 57.3 Å². The van der Waals surface area contributed by atoms with E-state index >= 15 is 0 Å². The molecular formula is C26H24ClN5O4S. The minimum absolute atomic E-state index is 0.0667. The topological polar surface area (TPSA) is 108 Å². The Morgan fingerprint density at radius 2 is 1.97 bits per heavy atom. The van der Waals surface area contributed by atoms with E-state index in [4.69, 9.17) is 26.5 Å². The molecule has 3 aliphatic rings. The Bertz CT molecular complexity index is 1350. The second kappa shape index (κ2) is 10.9. The number of carbonyl (C=O) groups excluding carboxylic acids is 2. The highest BCUT2D eigenvalue weighted by Gasteiger charge is 2.36. The number of benzene rings is 2. The molecule has 0 spiro atoms. The van der Waals surface area contributed by atoms with E-state index < -0.39 is 5.91 Å². The van der Waals surface area contributed by atoms with Crippen molar-refractivity contribution in [1.82, 2.24) is 9.91 Å². The molecule has 2 aromatic carbocycles. The van der Waals surface area contributed by atoms with Crippen LogP contribution >= 0.6 is 23.4 Å². The minimum Gasteiger partial charge on any atom is -0.487 e. The van der Waals surface area contributed by atoms with Gasteiger partial charge in [-0.25, -0.2) is 0 Å². The van der Waals surface area contributed by atoms with E-state index in [0.29, 0.717) is 54.3 Å². The zero-order valence-corrected chi connectivity index (χ0v) is 21.6. The van der Waals surface area contributed by atoms with Gasteiger partial charge in [-0.1, -0.05) is 47.5 Å². The van der Waals surface area contributed by atoms with Crippen molar-refractivity contribution in [3.05, 3.63) is 69.8 Å². The summed E-state index contributed by atoms with van der Waals surface area (Å²) in [4.78, 5) is 31.1. The van der Waals surface area contributed by atoms with Gasteiger partial charge < -0.3 is 14.4 Å². The molecule has 0 saturated carbocycles. The van der Waals surface area contributed by atoms with Gasteiger partial charge >= 0.3 is 0 Å². The molecule has 1 fully saturated rings. The Hall–Kier alpha value is -3.47. The van der Waals surface area contributed by atoms with Crippen LogP contribution in [0, 0.1) is 12.3 Å². The van der Waals surface area contributed by atoms with Crippen LogP contribution < -0.4 is 4.74 Å². The maximum Gasteiger partial charge on any atom is 0.283 e. The van der Waals surface area contributed by atoms with E-state index in [-0.39, 0.29) is 28.9 Å². The van der Waals surface area contributed by atoms with Crippen molar-refractivity contribution in [2.75, 3.05) is 26.3 Å². The summed E-state index contributed by atoms with van der Waals surface area (Å²) in [6, 6.07) is 13.2. The van der Waals surface area contributed by atoms with Crippen LogP contribution in [0.3, 0.4) is 0 Å². The van der Waals surface area contributed by atoms with Gasteiger partial charge in [0.05, 0.1) is 30.2 Å². The van der Waals surface area contributed by atoms with E-state index in [0.717, 1.165) is 17.3 Å². The van der Waals surface area contributed by atoms with Crippen molar-refractivity contribution in [2.24, 2.45) is 10.1 Å². The largest absolute Gasteiger partial charge is 0.487 e. The number of nitrogens with one attached hydrogen (secondary N) is 1. The third kappa shape index (κ3) is 5.76. The number of thioether (sulfide) groups is 1. The summed E-state index contributed by atoms with van der Waals surface area (Å²) in [5, 5.41) is 15.4. The Labute approximate surface area is 223 Å². The molecule has 3 heterocycles. The van der Waals surface area contributed by atoms with Gasteiger partial charge in [-0.05, 0) is 48.0 Å². The maximum absolute atomic E-state index is 12.7. The van der Waals surface area contributed by atoms with Gasteiger partial charge in [-0.3, -0.25) is 15.0 Å². The number of amides is 2. The molecule has 11 heteroatoms. The molecule has 9 nitrogen and oxygen atoms in total. The number of morpholine rings is 1. The number of amidine groups is 2. The van der Waals surface area contributed by atoms with Gasteiger partial charge in [0.1, 0.15) is 17.4 Å². The molecule has 1 saturated heterocycles. The number of carbonyl (C=O) groups is 2. The van der Waals surface area contributed by atoms with Crippen LogP contribution in [0.25, 0.3) is 6.08 Å². The van der Waals surface area contributed by atoms with Gasteiger partial charge in [-0.2, -0.15) is 15.1 Å². The fourth-order valence-electron chi connectivity index (χ4n) is 3.89. The number of aryl methyl sites for hydroxylation is 1. The van der Waals surface area contributed by atoms with E-state index in [1.807, 2.05) is 31.2 Å². The highest BCUT2D eigenvalue weighted by atomic mass is 35.5. The summed E-state index contributed by atoms with van der Waals surface area (Å²) < 4.78 is 11.1. The van der Waals surface area contributed by atoms with Gasteiger partial charge in [0, 0.05) is 13.1 Å².